The second-order valence-corrected chi connectivity index (χ2v) is 13.3. The number of carbonyl (C=O) groups excluding carboxylic acids is 1. The first-order chi connectivity index (χ1) is 21.3. The van der Waals surface area contributed by atoms with Gasteiger partial charge in [-0.15, -0.1) is 0 Å². The van der Waals surface area contributed by atoms with E-state index in [0.29, 0.717) is 34.7 Å². The molecule has 3 aromatic carbocycles. The van der Waals surface area contributed by atoms with Crippen LogP contribution in [0.3, 0.4) is 0 Å². The fourth-order valence-corrected chi connectivity index (χ4v) is 7.74. The number of rotatable bonds is 6. The first-order valence-corrected chi connectivity index (χ1v) is 15.9. The summed E-state index contributed by atoms with van der Waals surface area (Å²) < 4.78 is 10.4. The van der Waals surface area contributed by atoms with Crippen molar-refractivity contribution in [2.75, 3.05) is 13.7 Å². The van der Waals surface area contributed by atoms with E-state index in [1.165, 1.54) is 12.8 Å². The quantitative estimate of drug-likeness (QED) is 0.226. The molecule has 0 radical (unpaired) electrons. The molecule has 2 saturated carbocycles. The molecule has 4 fully saturated rings. The molecule has 8 nitrogen and oxygen atoms in total. The number of carbonyl (C=O) groups is 1. The van der Waals surface area contributed by atoms with Gasteiger partial charge in [0, 0.05) is 48.7 Å². The number of methoxy groups -OCH3 is 1. The maximum atomic E-state index is 13.9. The van der Waals surface area contributed by atoms with Crippen LogP contribution < -0.4 is 10.5 Å². The van der Waals surface area contributed by atoms with E-state index < -0.39 is 0 Å². The largest absolute Gasteiger partial charge is 0.506 e. The smallest absolute Gasteiger partial charge is 0.254 e. The number of imidazole rings is 1. The average molecular weight is 610 g/mol. The molecule has 2 bridgehead atoms. The highest BCUT2D eigenvalue weighted by atomic mass is 35.5. The molecule has 4 aliphatic rings. The molecule has 5 aromatic rings. The number of ether oxygens (including phenoxy) is 1. The third kappa shape index (κ3) is 4.38. The molecule has 3 atom stereocenters. The van der Waals surface area contributed by atoms with Crippen LogP contribution >= 0.6 is 11.6 Å². The summed E-state index contributed by atoms with van der Waals surface area (Å²) >= 11 is 6.34. The van der Waals surface area contributed by atoms with Gasteiger partial charge >= 0.3 is 0 Å². The number of fused-ring (bicyclic) bond motifs is 5. The van der Waals surface area contributed by atoms with Crippen molar-refractivity contribution in [1.82, 2.24) is 19.0 Å². The molecule has 9 rings (SSSR count). The normalized spacial score (nSPS) is 21.5. The van der Waals surface area contributed by atoms with Crippen molar-refractivity contribution in [3.63, 3.8) is 0 Å². The summed E-state index contributed by atoms with van der Waals surface area (Å²) in [6, 6.07) is 18.0. The first kappa shape index (κ1) is 27.5. The summed E-state index contributed by atoms with van der Waals surface area (Å²) in [5.41, 5.74) is 12.7. The molecule has 1 amide bonds. The number of para-hydroxylation sites is 1. The minimum absolute atomic E-state index is 0.0269. The fourth-order valence-electron chi connectivity index (χ4n) is 7.56. The number of phenolic OH excluding ortho intramolecular Hbond substituents is 1. The Morgan fingerprint density at radius 2 is 1.93 bits per heavy atom. The number of halogens is 1. The molecule has 2 aromatic heterocycles. The van der Waals surface area contributed by atoms with Crippen LogP contribution in [0, 0.1) is 11.8 Å². The highest BCUT2D eigenvalue weighted by Crippen LogP contribution is 2.42. The monoisotopic (exact) mass is 609 g/mol. The molecular weight excluding hydrogens is 574 g/mol. The van der Waals surface area contributed by atoms with E-state index in [2.05, 4.69) is 33.4 Å². The number of nitrogens with zero attached hydrogens (tertiary/aromatic N) is 4. The number of aryl methyl sites for hydroxylation is 1. The fraction of sp³-hybridized carbons (Fsp3) is 0.371. The van der Waals surface area contributed by atoms with Crippen molar-refractivity contribution in [3.8, 4) is 34.1 Å². The number of nitrogens with two attached hydrogens (primary N) is 1. The highest BCUT2D eigenvalue weighted by molar-refractivity contribution is 6.32. The van der Waals surface area contributed by atoms with Gasteiger partial charge in [-0.2, -0.15) is 0 Å². The van der Waals surface area contributed by atoms with Crippen LogP contribution in [-0.4, -0.2) is 55.8 Å². The molecule has 0 spiro atoms. The van der Waals surface area contributed by atoms with E-state index in [9.17, 15) is 9.90 Å². The number of aromatic nitrogens is 3. The average Bonchev–Trinajstić information content (AvgIpc) is 3.70. The minimum atomic E-state index is 0.0269. The molecule has 226 valence electrons. The number of piperidine rings is 2. The van der Waals surface area contributed by atoms with Crippen molar-refractivity contribution < 1.29 is 14.6 Å². The van der Waals surface area contributed by atoms with Crippen LogP contribution in [0.5, 0.6) is 11.5 Å². The summed E-state index contributed by atoms with van der Waals surface area (Å²) in [5.74, 6) is 2.53. The summed E-state index contributed by atoms with van der Waals surface area (Å²) in [4.78, 5) is 21.0. The molecule has 0 unspecified atom stereocenters. The van der Waals surface area contributed by atoms with Crippen LogP contribution in [0.15, 0.2) is 54.6 Å². The Balaban J connectivity index is 1.26. The van der Waals surface area contributed by atoms with Crippen LogP contribution in [0.4, 0.5) is 0 Å². The zero-order valence-electron chi connectivity index (χ0n) is 25.0. The van der Waals surface area contributed by atoms with Gasteiger partial charge in [-0.1, -0.05) is 35.9 Å². The Hall–Kier alpha value is -4.01. The van der Waals surface area contributed by atoms with Crippen LogP contribution in [-0.2, 0) is 13.6 Å². The lowest BCUT2D eigenvalue weighted by atomic mass is 9.76. The van der Waals surface area contributed by atoms with Gasteiger partial charge in [-0.05, 0) is 79.8 Å². The predicted molar refractivity (Wildman–Crippen MR) is 173 cm³/mol. The summed E-state index contributed by atoms with van der Waals surface area (Å²) in [7, 11) is 3.66. The van der Waals surface area contributed by atoms with Gasteiger partial charge in [0.1, 0.15) is 17.0 Å². The molecule has 9 heteroatoms. The molecule has 44 heavy (non-hydrogen) atoms. The predicted octanol–water partition coefficient (Wildman–Crippen LogP) is 6.59. The van der Waals surface area contributed by atoms with E-state index in [4.69, 9.17) is 27.1 Å². The van der Waals surface area contributed by atoms with Gasteiger partial charge in [0.05, 0.1) is 28.9 Å². The summed E-state index contributed by atoms with van der Waals surface area (Å²) in [6.45, 7) is 1.60. The highest BCUT2D eigenvalue weighted by Gasteiger charge is 2.41. The van der Waals surface area contributed by atoms with Crippen LogP contribution in [0.1, 0.15) is 42.5 Å². The lowest BCUT2D eigenvalue weighted by Crippen LogP contribution is -2.58. The number of phenols is 1. The number of benzene rings is 3. The topological polar surface area (TPSA) is 98.5 Å². The third-order valence-corrected chi connectivity index (χ3v) is 10.4. The minimum Gasteiger partial charge on any atom is -0.506 e. The van der Waals surface area contributed by atoms with Crippen LogP contribution in [0.2, 0.25) is 5.02 Å². The molecule has 2 aliphatic heterocycles. The van der Waals surface area contributed by atoms with Gasteiger partial charge in [-0.25, -0.2) is 4.98 Å². The Bertz CT molecular complexity index is 1960. The Labute approximate surface area is 261 Å². The van der Waals surface area contributed by atoms with E-state index in [1.807, 2.05) is 36.2 Å². The van der Waals surface area contributed by atoms with E-state index in [0.717, 1.165) is 70.4 Å². The zero-order valence-corrected chi connectivity index (χ0v) is 25.7. The molecule has 4 heterocycles. The van der Waals surface area contributed by atoms with E-state index in [1.54, 1.807) is 13.2 Å². The lowest BCUT2D eigenvalue weighted by Gasteiger charge is -2.48. The van der Waals surface area contributed by atoms with Gasteiger partial charge in [0.15, 0.2) is 5.82 Å². The van der Waals surface area contributed by atoms with Gasteiger partial charge < -0.3 is 29.6 Å². The third-order valence-electron chi connectivity index (χ3n) is 10.1. The number of amides is 1. The Kier molecular flexibility index (Phi) is 6.43. The second kappa shape index (κ2) is 10.3. The molecular formula is C35H36ClN5O3. The molecule has 2 saturated heterocycles. The SMILES string of the molecule is COc1cc(C(=O)N2C[C@H]3CC[C@@H]2C[C@@H]3N)cc2nc(-c3cc4cccc(-c5ccc(O)c(Cl)c5)c4n3CC3CC3)n(C)c12. The first-order valence-electron chi connectivity index (χ1n) is 15.5. The Morgan fingerprint density at radius 1 is 1.09 bits per heavy atom. The maximum absolute atomic E-state index is 13.9. The number of aromatic hydroxyl groups is 1. The zero-order chi connectivity index (χ0) is 30.3. The lowest BCUT2D eigenvalue weighted by molar-refractivity contribution is 0.0261. The Morgan fingerprint density at radius 3 is 2.64 bits per heavy atom. The van der Waals surface area contributed by atoms with Crippen LogP contribution in [0.25, 0.3) is 44.6 Å². The van der Waals surface area contributed by atoms with E-state index >= 15 is 0 Å². The van der Waals surface area contributed by atoms with Crippen molar-refractivity contribution >= 4 is 39.4 Å². The van der Waals surface area contributed by atoms with Crippen molar-refractivity contribution in [3.05, 3.63) is 65.2 Å². The van der Waals surface area contributed by atoms with Gasteiger partial charge in [0.25, 0.3) is 5.91 Å². The van der Waals surface area contributed by atoms with E-state index in [-0.39, 0.29) is 23.7 Å². The number of hydrogen-bond acceptors (Lipinski definition) is 5. The van der Waals surface area contributed by atoms with Crippen molar-refractivity contribution in [2.45, 2.75) is 50.7 Å². The molecule has 2 aliphatic carbocycles. The summed E-state index contributed by atoms with van der Waals surface area (Å²) in [5, 5.41) is 11.5. The number of hydrogen-bond donors (Lipinski definition) is 2. The van der Waals surface area contributed by atoms with Gasteiger partial charge in [0.2, 0.25) is 0 Å². The van der Waals surface area contributed by atoms with Crippen molar-refractivity contribution in [1.29, 1.82) is 0 Å². The van der Waals surface area contributed by atoms with Gasteiger partial charge in [-0.3, -0.25) is 4.79 Å². The molecule has 3 N–H and O–H groups in total. The second-order valence-electron chi connectivity index (χ2n) is 12.9. The standard InChI is InChI=1S/C35H36ClN5O3/c1-39-33-28(13-23(15-31(33)44-2)35(43)40-18-22-8-10-24(40)16-27(22)37)38-34(39)29-14-21-4-3-5-25(20-9-11-30(42)26(36)12-20)32(21)41(29)17-19-6-7-19/h3-5,9,11-15,19,22,24,27,42H,6-8,10,16-18,37H2,1-2H3/t22-,24-,27+/m1/s1. The van der Waals surface area contributed by atoms with Crippen molar-refractivity contribution in [2.24, 2.45) is 24.6 Å². The maximum Gasteiger partial charge on any atom is 0.254 e. The summed E-state index contributed by atoms with van der Waals surface area (Å²) in [6.07, 6.45) is 5.39.